The zero-order valence-corrected chi connectivity index (χ0v) is 8.19. The third kappa shape index (κ3) is 1.13. The van der Waals surface area contributed by atoms with Crippen LogP contribution in [0.15, 0.2) is 29.2 Å². The molecule has 0 spiro atoms. The van der Waals surface area contributed by atoms with E-state index in [2.05, 4.69) is 15.3 Å². The molecule has 0 aliphatic heterocycles. The van der Waals surface area contributed by atoms with Crippen molar-refractivity contribution in [2.24, 2.45) is 0 Å². The van der Waals surface area contributed by atoms with Gasteiger partial charge in [0.25, 0.3) is 5.56 Å². The lowest BCUT2D eigenvalue weighted by Crippen LogP contribution is -2.10. The van der Waals surface area contributed by atoms with Gasteiger partial charge in [0.1, 0.15) is 0 Å². The summed E-state index contributed by atoms with van der Waals surface area (Å²) in [6, 6.07) is 5.21. The maximum absolute atomic E-state index is 11.6. The predicted molar refractivity (Wildman–Crippen MR) is 56.1 cm³/mol. The fraction of sp³-hybridized carbons (Fsp3) is 0. The molecule has 15 heavy (non-hydrogen) atoms. The van der Waals surface area contributed by atoms with Crippen molar-refractivity contribution in [1.82, 2.24) is 19.8 Å². The molecule has 0 fully saturated rings. The lowest BCUT2D eigenvalue weighted by atomic mass is 10.3. The third-order valence-corrected chi connectivity index (χ3v) is 2.45. The number of aromatic amines is 1. The van der Waals surface area contributed by atoms with Crippen LogP contribution in [-0.4, -0.2) is 19.8 Å². The number of benzene rings is 1. The summed E-state index contributed by atoms with van der Waals surface area (Å²) in [6.45, 7) is 0. The summed E-state index contributed by atoms with van der Waals surface area (Å²) >= 11 is 5.83. The second-order valence-corrected chi connectivity index (χ2v) is 3.58. The zero-order chi connectivity index (χ0) is 10.4. The first-order valence-electron chi connectivity index (χ1n) is 4.28. The molecule has 2 heterocycles. The van der Waals surface area contributed by atoms with Crippen LogP contribution in [0.2, 0.25) is 5.02 Å². The van der Waals surface area contributed by atoms with Crippen LogP contribution in [0.3, 0.4) is 0 Å². The summed E-state index contributed by atoms with van der Waals surface area (Å²) in [5, 5.41) is 8.10. The number of H-pyrrole nitrogens is 1. The first-order valence-corrected chi connectivity index (χ1v) is 4.65. The quantitative estimate of drug-likeness (QED) is 0.620. The molecule has 0 atom stereocenters. The number of hydrogen-bond acceptors (Lipinski definition) is 3. The van der Waals surface area contributed by atoms with Crippen molar-refractivity contribution in [1.29, 1.82) is 0 Å². The van der Waals surface area contributed by atoms with Crippen molar-refractivity contribution < 1.29 is 0 Å². The predicted octanol–water partition coefficient (Wildman–Crippen LogP) is 1.22. The Morgan fingerprint density at radius 3 is 3.07 bits per heavy atom. The molecule has 2 aromatic heterocycles. The van der Waals surface area contributed by atoms with Crippen LogP contribution >= 0.6 is 11.6 Å². The van der Waals surface area contributed by atoms with E-state index in [1.807, 2.05) is 0 Å². The van der Waals surface area contributed by atoms with Gasteiger partial charge in [0.05, 0.1) is 17.2 Å². The Balaban J connectivity index is 2.66. The van der Waals surface area contributed by atoms with E-state index in [0.717, 1.165) is 5.52 Å². The topological polar surface area (TPSA) is 63.0 Å². The van der Waals surface area contributed by atoms with Gasteiger partial charge in [0.15, 0.2) is 5.52 Å². The summed E-state index contributed by atoms with van der Waals surface area (Å²) in [7, 11) is 0. The second-order valence-electron chi connectivity index (χ2n) is 3.15. The number of nitrogens with zero attached hydrogens (tertiary/aromatic N) is 3. The number of nitrogens with one attached hydrogen (secondary N) is 1. The summed E-state index contributed by atoms with van der Waals surface area (Å²) in [5.74, 6) is 0. The van der Waals surface area contributed by atoms with Gasteiger partial charge in [-0.25, -0.2) is 4.52 Å². The normalized spacial score (nSPS) is 11.3. The molecule has 1 N–H and O–H groups in total. The number of rotatable bonds is 0. The van der Waals surface area contributed by atoms with E-state index in [-0.39, 0.29) is 5.56 Å². The minimum Gasteiger partial charge on any atom is -0.319 e. The van der Waals surface area contributed by atoms with Crippen molar-refractivity contribution >= 4 is 28.2 Å². The van der Waals surface area contributed by atoms with Gasteiger partial charge < -0.3 is 4.98 Å². The van der Waals surface area contributed by atoms with Gasteiger partial charge >= 0.3 is 0 Å². The maximum atomic E-state index is 11.6. The van der Waals surface area contributed by atoms with E-state index in [0.29, 0.717) is 16.1 Å². The van der Waals surface area contributed by atoms with Gasteiger partial charge in [-0.3, -0.25) is 4.79 Å². The van der Waals surface area contributed by atoms with Crippen molar-refractivity contribution in [3.05, 3.63) is 39.8 Å². The largest absolute Gasteiger partial charge is 0.319 e. The Morgan fingerprint density at radius 2 is 2.20 bits per heavy atom. The minimum absolute atomic E-state index is 0.227. The molecule has 74 valence electrons. The molecule has 0 saturated heterocycles. The molecule has 0 radical (unpaired) electrons. The molecule has 0 bridgehead atoms. The van der Waals surface area contributed by atoms with E-state index in [9.17, 15) is 4.79 Å². The van der Waals surface area contributed by atoms with Crippen LogP contribution in [0.25, 0.3) is 16.6 Å². The summed E-state index contributed by atoms with van der Waals surface area (Å²) in [6.07, 6.45) is 1.42. The molecule has 0 unspecified atom stereocenters. The Labute approximate surface area is 88.3 Å². The first-order chi connectivity index (χ1) is 7.25. The van der Waals surface area contributed by atoms with Crippen LogP contribution in [0.1, 0.15) is 0 Å². The summed E-state index contributed by atoms with van der Waals surface area (Å²) in [5.41, 5.74) is 1.61. The molecular weight excluding hydrogens is 216 g/mol. The molecule has 3 rings (SSSR count). The number of aromatic nitrogens is 4. The zero-order valence-electron chi connectivity index (χ0n) is 7.44. The van der Waals surface area contributed by atoms with Gasteiger partial charge in [-0.2, -0.15) is 0 Å². The van der Waals surface area contributed by atoms with Crippen LogP contribution in [0.5, 0.6) is 0 Å². The lowest BCUT2D eigenvalue weighted by Gasteiger charge is -2.00. The van der Waals surface area contributed by atoms with E-state index in [1.165, 1.54) is 10.7 Å². The molecule has 3 aromatic rings. The van der Waals surface area contributed by atoms with Gasteiger partial charge in [-0.15, -0.1) is 5.10 Å². The molecule has 6 heteroatoms. The fourth-order valence-electron chi connectivity index (χ4n) is 1.55. The van der Waals surface area contributed by atoms with E-state index in [1.54, 1.807) is 18.2 Å². The first kappa shape index (κ1) is 8.43. The van der Waals surface area contributed by atoms with Crippen LogP contribution in [-0.2, 0) is 0 Å². The highest BCUT2D eigenvalue weighted by Crippen LogP contribution is 2.16. The molecule has 1 aromatic carbocycles. The van der Waals surface area contributed by atoms with Crippen LogP contribution in [0, 0.1) is 0 Å². The van der Waals surface area contributed by atoms with Gasteiger partial charge in [0.2, 0.25) is 0 Å². The molecular formula is C9H5ClN4O. The number of halogens is 1. The Hall–Kier alpha value is -1.88. The average molecular weight is 221 g/mol. The highest BCUT2D eigenvalue weighted by atomic mass is 35.5. The Morgan fingerprint density at radius 1 is 1.33 bits per heavy atom. The van der Waals surface area contributed by atoms with Gasteiger partial charge in [-0.1, -0.05) is 16.8 Å². The second kappa shape index (κ2) is 2.80. The van der Waals surface area contributed by atoms with Crippen molar-refractivity contribution in [3.63, 3.8) is 0 Å². The van der Waals surface area contributed by atoms with E-state index < -0.39 is 0 Å². The molecule has 0 aliphatic rings. The average Bonchev–Trinajstić information content (AvgIpc) is 2.66. The van der Waals surface area contributed by atoms with Crippen molar-refractivity contribution in [2.75, 3.05) is 0 Å². The number of fused-ring (bicyclic) bond motifs is 3. The van der Waals surface area contributed by atoms with E-state index >= 15 is 0 Å². The molecule has 5 nitrogen and oxygen atoms in total. The monoisotopic (exact) mass is 220 g/mol. The smallest absolute Gasteiger partial charge is 0.276 e. The summed E-state index contributed by atoms with van der Waals surface area (Å²) < 4.78 is 1.49. The van der Waals surface area contributed by atoms with Gasteiger partial charge in [-0.05, 0) is 18.2 Å². The highest BCUT2D eigenvalue weighted by Gasteiger charge is 2.05. The van der Waals surface area contributed by atoms with Crippen molar-refractivity contribution in [3.8, 4) is 0 Å². The fourth-order valence-corrected chi connectivity index (χ4v) is 1.72. The van der Waals surface area contributed by atoms with Crippen LogP contribution in [0.4, 0.5) is 0 Å². The van der Waals surface area contributed by atoms with E-state index in [4.69, 9.17) is 11.6 Å². The maximum Gasteiger partial charge on any atom is 0.276 e. The van der Waals surface area contributed by atoms with Gasteiger partial charge in [0, 0.05) is 5.02 Å². The SMILES string of the molecule is O=c1[nH]c2cc(Cl)ccc2n2nncc12. The number of hydrogen-bond donors (Lipinski definition) is 1. The third-order valence-electron chi connectivity index (χ3n) is 2.22. The lowest BCUT2D eigenvalue weighted by molar-refractivity contribution is 0.876. The highest BCUT2D eigenvalue weighted by molar-refractivity contribution is 6.31. The van der Waals surface area contributed by atoms with Crippen molar-refractivity contribution in [2.45, 2.75) is 0 Å². The summed E-state index contributed by atoms with van der Waals surface area (Å²) in [4.78, 5) is 14.3. The Kier molecular flexibility index (Phi) is 1.58. The van der Waals surface area contributed by atoms with Crippen LogP contribution < -0.4 is 5.56 Å². The molecule has 0 aliphatic carbocycles. The molecule has 0 saturated carbocycles. The minimum atomic E-state index is -0.227. The molecule has 0 amide bonds. The Bertz CT molecular complexity index is 715. The standard InChI is InChI=1S/C9H5ClN4O/c10-5-1-2-7-6(3-5)12-9(15)8-4-11-13-14(7)8/h1-4H,(H,12,15).